The van der Waals surface area contributed by atoms with Gasteiger partial charge < -0.3 is 15.2 Å². The highest BCUT2D eigenvalue weighted by Crippen LogP contribution is 2.21. The summed E-state index contributed by atoms with van der Waals surface area (Å²) in [6.07, 6.45) is -0.120. The van der Waals surface area contributed by atoms with Crippen LogP contribution in [0.4, 0.5) is 4.39 Å². The van der Waals surface area contributed by atoms with E-state index in [2.05, 4.69) is 5.32 Å². The van der Waals surface area contributed by atoms with Crippen LogP contribution in [0.15, 0.2) is 18.2 Å². The van der Waals surface area contributed by atoms with Crippen molar-refractivity contribution in [3.05, 3.63) is 29.6 Å². The predicted octanol–water partition coefficient (Wildman–Crippen LogP) is 1.72. The van der Waals surface area contributed by atoms with Crippen LogP contribution in [0, 0.1) is 5.82 Å². The van der Waals surface area contributed by atoms with Crippen molar-refractivity contribution in [3.63, 3.8) is 0 Å². The Bertz CT molecular complexity index is 421. The molecule has 1 amide bonds. The van der Waals surface area contributed by atoms with Gasteiger partial charge in [-0.25, -0.2) is 4.39 Å². The Morgan fingerprint density at radius 1 is 1.50 bits per heavy atom. The van der Waals surface area contributed by atoms with E-state index >= 15 is 0 Å². The first kappa shape index (κ1) is 14.4. The monoisotopic (exact) mass is 255 g/mol. The van der Waals surface area contributed by atoms with E-state index in [-0.39, 0.29) is 17.4 Å². The Morgan fingerprint density at radius 2 is 2.17 bits per heavy atom. The van der Waals surface area contributed by atoms with Crippen LogP contribution in [-0.2, 0) is 0 Å². The van der Waals surface area contributed by atoms with Crippen molar-refractivity contribution in [2.45, 2.75) is 32.4 Å². The summed E-state index contributed by atoms with van der Waals surface area (Å²) in [5, 5.41) is 11.8. The Labute approximate surface area is 106 Å². The fraction of sp³-hybridized carbons (Fsp3) is 0.462. The minimum absolute atomic E-state index is 0.113. The fourth-order valence-electron chi connectivity index (χ4n) is 1.76. The molecule has 2 N–H and O–H groups in total. The molecule has 0 spiro atoms. The second kappa shape index (κ2) is 6.35. The fourth-order valence-corrected chi connectivity index (χ4v) is 1.76. The van der Waals surface area contributed by atoms with Gasteiger partial charge in [0.15, 0.2) is 0 Å². The number of rotatable bonds is 5. The van der Waals surface area contributed by atoms with Gasteiger partial charge in [0, 0.05) is 6.04 Å². The number of hydrogen-bond donors (Lipinski definition) is 2. The number of aliphatic hydroxyl groups is 1. The van der Waals surface area contributed by atoms with Crippen LogP contribution in [-0.4, -0.2) is 30.3 Å². The molecule has 0 bridgehead atoms. The van der Waals surface area contributed by atoms with Crippen LogP contribution in [0.5, 0.6) is 5.75 Å². The standard InChI is InChI=1S/C13H18FNO3/c1-8(7-9(2)16)15-13(17)12-10(14)5-4-6-11(12)18-3/h4-6,8-9,16H,7H2,1-3H3,(H,15,17). The van der Waals surface area contributed by atoms with E-state index in [1.165, 1.54) is 25.3 Å². The number of halogens is 1. The van der Waals surface area contributed by atoms with Crippen molar-refractivity contribution >= 4 is 5.91 Å². The summed E-state index contributed by atoms with van der Waals surface area (Å²) in [5.41, 5.74) is -0.113. The van der Waals surface area contributed by atoms with Crippen molar-refractivity contribution < 1.29 is 19.0 Å². The molecule has 0 aromatic heterocycles. The number of amides is 1. The lowest BCUT2D eigenvalue weighted by Crippen LogP contribution is -2.35. The molecule has 1 rings (SSSR count). The number of carbonyl (C=O) groups is 1. The molecule has 0 saturated heterocycles. The summed E-state index contributed by atoms with van der Waals surface area (Å²) < 4.78 is 18.6. The molecule has 0 aliphatic rings. The van der Waals surface area contributed by atoms with Crippen molar-refractivity contribution in [2.24, 2.45) is 0 Å². The maximum atomic E-state index is 13.6. The average Bonchev–Trinajstić information content (AvgIpc) is 2.26. The second-order valence-corrected chi connectivity index (χ2v) is 4.28. The van der Waals surface area contributed by atoms with E-state index in [1.54, 1.807) is 13.8 Å². The van der Waals surface area contributed by atoms with Gasteiger partial charge in [-0.3, -0.25) is 4.79 Å². The summed E-state index contributed by atoms with van der Waals surface area (Å²) in [7, 11) is 1.38. The highest BCUT2D eigenvalue weighted by Gasteiger charge is 2.19. The average molecular weight is 255 g/mol. The zero-order valence-electron chi connectivity index (χ0n) is 10.7. The van der Waals surface area contributed by atoms with Gasteiger partial charge in [-0.05, 0) is 32.4 Å². The van der Waals surface area contributed by atoms with Gasteiger partial charge in [0.05, 0.1) is 13.2 Å². The maximum Gasteiger partial charge on any atom is 0.258 e. The van der Waals surface area contributed by atoms with Gasteiger partial charge in [0.2, 0.25) is 0 Å². The van der Waals surface area contributed by atoms with Crippen LogP contribution in [0.2, 0.25) is 0 Å². The van der Waals surface area contributed by atoms with Crippen molar-refractivity contribution in [3.8, 4) is 5.75 Å². The van der Waals surface area contributed by atoms with Gasteiger partial charge in [-0.2, -0.15) is 0 Å². The molecule has 0 fully saturated rings. The molecule has 18 heavy (non-hydrogen) atoms. The van der Waals surface area contributed by atoms with Crippen molar-refractivity contribution in [1.82, 2.24) is 5.32 Å². The molecule has 2 unspecified atom stereocenters. The molecule has 1 aromatic carbocycles. The number of nitrogens with one attached hydrogen (secondary N) is 1. The summed E-state index contributed by atoms with van der Waals surface area (Å²) in [4.78, 5) is 11.9. The lowest BCUT2D eigenvalue weighted by Gasteiger charge is -2.16. The first-order valence-corrected chi connectivity index (χ1v) is 5.77. The number of hydrogen-bond acceptors (Lipinski definition) is 3. The molecular weight excluding hydrogens is 237 g/mol. The Balaban J connectivity index is 2.84. The predicted molar refractivity (Wildman–Crippen MR) is 66.2 cm³/mol. The molecule has 2 atom stereocenters. The third-order valence-corrected chi connectivity index (χ3v) is 2.49. The van der Waals surface area contributed by atoms with E-state index in [0.717, 1.165) is 0 Å². The van der Waals surface area contributed by atoms with Crippen molar-refractivity contribution in [2.75, 3.05) is 7.11 Å². The minimum atomic E-state index is -0.629. The van der Waals surface area contributed by atoms with Gasteiger partial charge >= 0.3 is 0 Å². The number of carbonyl (C=O) groups excluding carboxylic acids is 1. The second-order valence-electron chi connectivity index (χ2n) is 4.28. The normalized spacial score (nSPS) is 13.8. The number of aliphatic hydroxyl groups excluding tert-OH is 1. The van der Waals surface area contributed by atoms with E-state index in [0.29, 0.717) is 6.42 Å². The minimum Gasteiger partial charge on any atom is -0.496 e. The SMILES string of the molecule is COc1cccc(F)c1C(=O)NC(C)CC(C)O. The van der Waals surface area contributed by atoms with Gasteiger partial charge in [-0.1, -0.05) is 6.07 Å². The van der Waals surface area contributed by atoms with Gasteiger partial charge in [0.25, 0.3) is 5.91 Å². The molecule has 100 valence electrons. The quantitative estimate of drug-likeness (QED) is 0.842. The van der Waals surface area contributed by atoms with Gasteiger partial charge in [-0.15, -0.1) is 0 Å². The lowest BCUT2D eigenvalue weighted by atomic mass is 10.1. The maximum absolute atomic E-state index is 13.6. The molecule has 0 heterocycles. The van der Waals surface area contributed by atoms with E-state index in [4.69, 9.17) is 4.74 Å². The zero-order chi connectivity index (χ0) is 13.7. The Morgan fingerprint density at radius 3 is 2.72 bits per heavy atom. The third-order valence-electron chi connectivity index (χ3n) is 2.49. The Hall–Kier alpha value is -1.62. The van der Waals surface area contributed by atoms with Crippen LogP contribution in [0.25, 0.3) is 0 Å². The molecule has 5 heteroatoms. The summed E-state index contributed by atoms with van der Waals surface area (Å²) >= 11 is 0. The largest absolute Gasteiger partial charge is 0.496 e. The molecule has 0 aliphatic heterocycles. The summed E-state index contributed by atoms with van der Waals surface area (Å²) in [6.45, 7) is 3.38. The number of ether oxygens (including phenoxy) is 1. The van der Waals surface area contributed by atoms with E-state index < -0.39 is 17.8 Å². The van der Waals surface area contributed by atoms with Crippen LogP contribution in [0.1, 0.15) is 30.6 Å². The smallest absolute Gasteiger partial charge is 0.258 e. The molecule has 0 radical (unpaired) electrons. The lowest BCUT2D eigenvalue weighted by molar-refractivity contribution is 0.0916. The zero-order valence-corrected chi connectivity index (χ0v) is 10.7. The first-order chi connectivity index (χ1) is 8.45. The molecule has 1 aromatic rings. The van der Waals surface area contributed by atoms with Crippen LogP contribution in [0.3, 0.4) is 0 Å². The van der Waals surface area contributed by atoms with Crippen LogP contribution < -0.4 is 10.1 Å². The van der Waals surface area contributed by atoms with Crippen LogP contribution >= 0.6 is 0 Å². The molecule has 0 aliphatic carbocycles. The summed E-state index contributed by atoms with van der Waals surface area (Å²) in [6, 6.07) is 3.96. The number of methoxy groups -OCH3 is 1. The third kappa shape index (κ3) is 3.70. The molecule has 0 saturated carbocycles. The summed E-state index contributed by atoms with van der Waals surface area (Å²) in [5.74, 6) is -0.981. The van der Waals surface area contributed by atoms with Gasteiger partial charge in [0.1, 0.15) is 17.1 Å². The molecule has 4 nitrogen and oxygen atoms in total. The number of benzene rings is 1. The highest BCUT2D eigenvalue weighted by atomic mass is 19.1. The topological polar surface area (TPSA) is 58.6 Å². The highest BCUT2D eigenvalue weighted by molar-refractivity contribution is 5.97. The molecular formula is C13H18FNO3. The van der Waals surface area contributed by atoms with E-state index in [9.17, 15) is 14.3 Å². The first-order valence-electron chi connectivity index (χ1n) is 5.77. The van der Waals surface area contributed by atoms with E-state index in [1.807, 2.05) is 0 Å². The van der Waals surface area contributed by atoms with Crippen molar-refractivity contribution in [1.29, 1.82) is 0 Å². The Kier molecular flexibility index (Phi) is 5.09.